The quantitative estimate of drug-likeness (QED) is 0.400. The van der Waals surface area contributed by atoms with E-state index in [1.54, 1.807) is 18.2 Å². The van der Waals surface area contributed by atoms with E-state index >= 15 is 0 Å². The number of nitrogens with one attached hydrogen (secondary N) is 1. The molecule has 0 heterocycles. The van der Waals surface area contributed by atoms with Gasteiger partial charge < -0.3 is 15.0 Å². The molecule has 174 valence electrons. The molecule has 0 aromatic heterocycles. The third-order valence-electron chi connectivity index (χ3n) is 5.30. The molecule has 7 heteroatoms. The summed E-state index contributed by atoms with van der Waals surface area (Å²) in [6, 6.07) is 12.2. The smallest absolute Gasteiger partial charge is 0.261 e. The maximum atomic E-state index is 13.2. The second-order valence-corrected chi connectivity index (χ2v) is 8.39. The van der Waals surface area contributed by atoms with Gasteiger partial charge in [0.1, 0.15) is 11.8 Å². The number of aryl methyl sites for hydroxylation is 1. The zero-order chi connectivity index (χ0) is 23.5. The molecular weight excluding hydrogens is 447 g/mol. The van der Waals surface area contributed by atoms with Crippen LogP contribution in [0.3, 0.4) is 0 Å². The Morgan fingerprint density at radius 3 is 2.25 bits per heavy atom. The Bertz CT molecular complexity index is 867. The summed E-state index contributed by atoms with van der Waals surface area (Å²) in [5, 5.41) is 3.83. The van der Waals surface area contributed by atoms with Gasteiger partial charge in [0.2, 0.25) is 5.91 Å². The number of hydrogen-bond acceptors (Lipinski definition) is 3. The van der Waals surface area contributed by atoms with Gasteiger partial charge in [0.05, 0.1) is 0 Å². The van der Waals surface area contributed by atoms with Crippen molar-refractivity contribution in [1.29, 1.82) is 0 Å². The Labute approximate surface area is 201 Å². The van der Waals surface area contributed by atoms with Crippen LogP contribution >= 0.6 is 23.2 Å². The lowest BCUT2D eigenvalue weighted by Crippen LogP contribution is -2.50. The Balaban J connectivity index is 2.22. The number of unbranched alkanes of at least 4 members (excludes halogenated alkanes) is 1. The highest BCUT2D eigenvalue weighted by atomic mass is 35.5. The minimum absolute atomic E-state index is 0.120. The summed E-state index contributed by atoms with van der Waals surface area (Å²) >= 11 is 12.7. The average Bonchev–Trinajstić information content (AvgIpc) is 2.79. The molecule has 0 fully saturated rings. The molecule has 1 unspecified atom stereocenters. The molecule has 0 saturated carbocycles. The molecule has 5 nitrogen and oxygen atoms in total. The number of ether oxygens (including phenoxy) is 1. The zero-order valence-electron chi connectivity index (χ0n) is 19.0. The van der Waals surface area contributed by atoms with Gasteiger partial charge in [-0.3, -0.25) is 9.59 Å². The monoisotopic (exact) mass is 478 g/mol. The van der Waals surface area contributed by atoms with Gasteiger partial charge in [0.25, 0.3) is 5.91 Å². The predicted octanol–water partition coefficient (Wildman–Crippen LogP) is 5.66. The number of amides is 2. The third-order valence-corrected chi connectivity index (χ3v) is 6.01. The van der Waals surface area contributed by atoms with E-state index in [2.05, 4.69) is 19.2 Å². The summed E-state index contributed by atoms with van der Waals surface area (Å²) in [6.07, 6.45) is 3.23. The van der Waals surface area contributed by atoms with Gasteiger partial charge >= 0.3 is 0 Å². The van der Waals surface area contributed by atoms with E-state index in [1.807, 2.05) is 31.2 Å². The number of carbonyl (C=O) groups excluding carboxylic acids is 2. The maximum absolute atomic E-state index is 13.2. The van der Waals surface area contributed by atoms with Gasteiger partial charge in [-0.25, -0.2) is 0 Å². The second kappa shape index (κ2) is 13.3. The highest BCUT2D eigenvalue weighted by Gasteiger charge is 2.29. The summed E-state index contributed by atoms with van der Waals surface area (Å²) in [4.78, 5) is 27.6. The van der Waals surface area contributed by atoms with Crippen LogP contribution in [-0.4, -0.2) is 35.9 Å². The predicted molar refractivity (Wildman–Crippen MR) is 130 cm³/mol. The number of hydrogen-bond donors (Lipinski definition) is 1. The zero-order valence-corrected chi connectivity index (χ0v) is 20.5. The fourth-order valence-electron chi connectivity index (χ4n) is 3.33. The molecule has 0 bridgehead atoms. The largest absolute Gasteiger partial charge is 0.484 e. The summed E-state index contributed by atoms with van der Waals surface area (Å²) < 4.78 is 5.73. The minimum Gasteiger partial charge on any atom is -0.484 e. The first-order valence-electron chi connectivity index (χ1n) is 11.1. The van der Waals surface area contributed by atoms with Crippen LogP contribution in [0.1, 0.15) is 51.2 Å². The summed E-state index contributed by atoms with van der Waals surface area (Å²) in [5.41, 5.74) is 1.80. The molecule has 1 atom stereocenters. The van der Waals surface area contributed by atoms with Crippen LogP contribution in [0.25, 0.3) is 0 Å². The molecule has 2 aromatic carbocycles. The Morgan fingerprint density at radius 2 is 1.69 bits per heavy atom. The summed E-state index contributed by atoms with van der Waals surface area (Å²) in [7, 11) is 0. The first-order chi connectivity index (χ1) is 15.4. The normalized spacial score (nSPS) is 11.7. The van der Waals surface area contributed by atoms with E-state index in [4.69, 9.17) is 27.9 Å². The minimum atomic E-state index is -0.655. The van der Waals surface area contributed by atoms with Crippen LogP contribution in [-0.2, 0) is 22.6 Å². The van der Waals surface area contributed by atoms with Crippen molar-refractivity contribution in [2.45, 2.75) is 59.0 Å². The third kappa shape index (κ3) is 7.42. The van der Waals surface area contributed by atoms with E-state index in [1.165, 1.54) is 10.5 Å². The lowest BCUT2D eigenvalue weighted by Gasteiger charge is -2.31. The summed E-state index contributed by atoms with van der Waals surface area (Å²) in [5.74, 6) is 0.106. The van der Waals surface area contributed by atoms with E-state index < -0.39 is 6.04 Å². The van der Waals surface area contributed by atoms with Gasteiger partial charge in [0.15, 0.2) is 6.61 Å². The highest BCUT2D eigenvalue weighted by molar-refractivity contribution is 6.36. The van der Waals surface area contributed by atoms with Crippen LogP contribution in [0, 0.1) is 0 Å². The fraction of sp³-hybridized carbons (Fsp3) is 0.440. The van der Waals surface area contributed by atoms with E-state index in [-0.39, 0.29) is 25.0 Å². The number of carbonyl (C=O) groups is 2. The van der Waals surface area contributed by atoms with Gasteiger partial charge in [-0.05, 0) is 49.1 Å². The van der Waals surface area contributed by atoms with Crippen molar-refractivity contribution >= 4 is 35.0 Å². The molecule has 2 aromatic rings. The van der Waals surface area contributed by atoms with Crippen molar-refractivity contribution in [3.05, 3.63) is 63.6 Å². The molecule has 0 aliphatic rings. The molecular formula is C25H32Cl2N2O3. The molecule has 32 heavy (non-hydrogen) atoms. The van der Waals surface area contributed by atoms with Crippen molar-refractivity contribution in [3.8, 4) is 5.75 Å². The molecule has 0 aliphatic heterocycles. The summed E-state index contributed by atoms with van der Waals surface area (Å²) in [6.45, 7) is 6.52. The number of rotatable bonds is 12. The van der Waals surface area contributed by atoms with Gasteiger partial charge in [0, 0.05) is 28.7 Å². The van der Waals surface area contributed by atoms with E-state index in [0.29, 0.717) is 34.3 Å². The highest BCUT2D eigenvalue weighted by Crippen LogP contribution is 2.27. The molecule has 2 rings (SSSR count). The van der Waals surface area contributed by atoms with E-state index in [9.17, 15) is 9.59 Å². The topological polar surface area (TPSA) is 58.6 Å². The molecule has 1 N–H and O–H groups in total. The van der Waals surface area contributed by atoms with Crippen molar-refractivity contribution in [3.63, 3.8) is 0 Å². The lowest BCUT2D eigenvalue weighted by atomic mass is 10.1. The first-order valence-corrected chi connectivity index (χ1v) is 11.9. The SMILES string of the molecule is CCCCNC(=O)C(CC)N(Cc1c(Cl)cccc1Cl)C(=O)COc1ccc(CC)cc1. The number of halogens is 2. The van der Waals surface area contributed by atoms with Crippen LogP contribution in [0.2, 0.25) is 10.0 Å². The van der Waals surface area contributed by atoms with Crippen molar-refractivity contribution in [2.24, 2.45) is 0 Å². The second-order valence-electron chi connectivity index (χ2n) is 7.58. The van der Waals surface area contributed by atoms with E-state index in [0.717, 1.165) is 19.3 Å². The maximum Gasteiger partial charge on any atom is 0.261 e. The Morgan fingerprint density at radius 1 is 1.03 bits per heavy atom. The first kappa shape index (κ1) is 26.0. The van der Waals surface area contributed by atoms with Crippen LogP contribution in [0.4, 0.5) is 0 Å². The van der Waals surface area contributed by atoms with Crippen molar-refractivity contribution in [2.75, 3.05) is 13.2 Å². The number of nitrogens with zero attached hydrogens (tertiary/aromatic N) is 1. The van der Waals surface area contributed by atoms with Gasteiger partial charge in [-0.15, -0.1) is 0 Å². The average molecular weight is 479 g/mol. The van der Waals surface area contributed by atoms with Crippen molar-refractivity contribution < 1.29 is 14.3 Å². The van der Waals surface area contributed by atoms with Crippen LogP contribution in [0.15, 0.2) is 42.5 Å². The Kier molecular flexibility index (Phi) is 10.8. The van der Waals surface area contributed by atoms with Gasteiger partial charge in [-0.2, -0.15) is 0 Å². The Hall–Kier alpha value is -2.24. The standard InChI is InChI=1S/C25H32Cl2N2O3/c1-4-7-15-28-25(31)23(6-3)29(16-20-21(26)9-8-10-22(20)27)24(30)17-32-19-13-11-18(5-2)12-14-19/h8-14,23H,4-7,15-17H2,1-3H3,(H,28,31). The molecule has 0 spiro atoms. The number of benzene rings is 2. The molecule has 0 aliphatic carbocycles. The molecule has 0 radical (unpaired) electrons. The fourth-order valence-corrected chi connectivity index (χ4v) is 3.85. The molecule has 2 amide bonds. The van der Waals surface area contributed by atoms with Gasteiger partial charge in [-0.1, -0.05) is 68.6 Å². The van der Waals surface area contributed by atoms with Crippen LogP contribution in [0.5, 0.6) is 5.75 Å². The molecule has 0 saturated heterocycles. The van der Waals surface area contributed by atoms with Crippen molar-refractivity contribution in [1.82, 2.24) is 10.2 Å². The van der Waals surface area contributed by atoms with Crippen LogP contribution < -0.4 is 10.1 Å². The lowest BCUT2D eigenvalue weighted by molar-refractivity contribution is -0.143.